The predicted octanol–water partition coefficient (Wildman–Crippen LogP) is 0.755. The molecule has 2 N–H and O–H groups in total. The van der Waals surface area contributed by atoms with Gasteiger partial charge in [0.05, 0.1) is 0 Å². The summed E-state index contributed by atoms with van der Waals surface area (Å²) in [6, 6.07) is 12.4. The van der Waals surface area contributed by atoms with Crippen molar-refractivity contribution in [2.75, 3.05) is 0 Å². The van der Waals surface area contributed by atoms with Crippen LogP contribution in [0.3, 0.4) is 0 Å². The van der Waals surface area contributed by atoms with E-state index in [1.807, 2.05) is 30.3 Å². The Morgan fingerprint density at radius 2 is 1.30 bits per heavy atom. The maximum atomic E-state index is 9.78. The van der Waals surface area contributed by atoms with E-state index in [9.17, 15) is 10.4 Å². The Bertz CT molecular complexity index is 859. The summed E-state index contributed by atoms with van der Waals surface area (Å²) in [4.78, 5) is 16.7. The average molecular weight is 310 g/mol. The number of benzene rings is 1. The monoisotopic (exact) mass is 310 g/mol. The van der Waals surface area contributed by atoms with Gasteiger partial charge in [0.25, 0.3) is 11.2 Å². The highest BCUT2D eigenvalue weighted by Crippen LogP contribution is 2.16. The first-order chi connectivity index (χ1) is 11.2. The van der Waals surface area contributed by atoms with Crippen LogP contribution >= 0.6 is 0 Å². The van der Waals surface area contributed by atoms with Crippen LogP contribution in [0.1, 0.15) is 11.7 Å². The minimum absolute atomic E-state index is 0.0884. The van der Waals surface area contributed by atoms with Gasteiger partial charge < -0.3 is 10.4 Å². The fraction of sp³-hybridized carbons (Fsp3) is 0.0667. The van der Waals surface area contributed by atoms with E-state index >= 15 is 0 Å². The number of nitrogens with zero attached hydrogens (tertiary/aromatic N) is 6. The molecule has 23 heavy (non-hydrogen) atoms. The first-order valence-electron chi connectivity index (χ1n) is 6.82. The van der Waals surface area contributed by atoms with E-state index in [-0.39, 0.29) is 11.2 Å². The number of hydrogen-bond acceptors (Lipinski definition) is 6. The molecule has 0 saturated heterocycles. The van der Waals surface area contributed by atoms with Crippen molar-refractivity contribution in [1.29, 1.82) is 0 Å². The standard InChI is InChI=1S/C15H14N6O2/c22-20-10-4-8-16-14(20)18-13(12-6-2-1-3-7-12)19-15-17-9-5-11-21(15)23/h1-11,13,22-23H/b18-14+,19-15+. The topological polar surface area (TPSA) is 101 Å². The van der Waals surface area contributed by atoms with Crippen molar-refractivity contribution in [2.24, 2.45) is 9.98 Å². The van der Waals surface area contributed by atoms with Crippen molar-refractivity contribution in [1.82, 2.24) is 19.4 Å². The van der Waals surface area contributed by atoms with Gasteiger partial charge in [0.15, 0.2) is 6.17 Å². The highest BCUT2D eigenvalue weighted by molar-refractivity contribution is 5.18. The molecule has 0 fully saturated rings. The second-order valence-corrected chi connectivity index (χ2v) is 4.57. The Hall–Kier alpha value is -3.42. The lowest BCUT2D eigenvalue weighted by Gasteiger charge is -2.08. The van der Waals surface area contributed by atoms with Gasteiger partial charge in [-0.25, -0.2) is 20.0 Å². The van der Waals surface area contributed by atoms with E-state index in [1.54, 1.807) is 12.1 Å². The molecule has 8 nitrogen and oxygen atoms in total. The maximum Gasteiger partial charge on any atom is 0.260 e. The van der Waals surface area contributed by atoms with Gasteiger partial charge in [-0.05, 0) is 17.7 Å². The van der Waals surface area contributed by atoms with E-state index in [1.165, 1.54) is 24.8 Å². The molecule has 3 aromatic rings. The summed E-state index contributed by atoms with van der Waals surface area (Å²) < 4.78 is 1.60. The first-order valence-corrected chi connectivity index (χ1v) is 6.82. The summed E-state index contributed by atoms with van der Waals surface area (Å²) in [5.41, 5.74) is 0.944. The summed E-state index contributed by atoms with van der Waals surface area (Å²) in [7, 11) is 0. The van der Waals surface area contributed by atoms with Crippen LogP contribution in [0.4, 0.5) is 0 Å². The Labute approximate surface area is 130 Å². The molecule has 0 aliphatic heterocycles. The van der Waals surface area contributed by atoms with Crippen LogP contribution in [0.25, 0.3) is 0 Å². The molecule has 0 amide bonds. The summed E-state index contributed by atoms with van der Waals surface area (Å²) in [6.45, 7) is 0. The van der Waals surface area contributed by atoms with Gasteiger partial charge in [0.2, 0.25) is 0 Å². The predicted molar refractivity (Wildman–Crippen MR) is 79.1 cm³/mol. The summed E-state index contributed by atoms with van der Waals surface area (Å²) in [5.74, 6) is 0. The quantitative estimate of drug-likeness (QED) is 0.697. The lowest BCUT2D eigenvalue weighted by Crippen LogP contribution is -2.25. The zero-order chi connectivity index (χ0) is 16.1. The molecule has 1 aromatic carbocycles. The van der Waals surface area contributed by atoms with E-state index in [0.29, 0.717) is 0 Å². The van der Waals surface area contributed by atoms with Crippen LogP contribution in [0, 0.1) is 0 Å². The van der Waals surface area contributed by atoms with E-state index in [2.05, 4.69) is 20.0 Å². The lowest BCUT2D eigenvalue weighted by atomic mass is 10.2. The molecular formula is C15H14N6O2. The van der Waals surface area contributed by atoms with Gasteiger partial charge >= 0.3 is 0 Å². The summed E-state index contributed by atoms with van der Waals surface area (Å²) in [6.07, 6.45) is 5.14. The van der Waals surface area contributed by atoms with Crippen LogP contribution in [0.15, 0.2) is 77.2 Å². The zero-order valence-corrected chi connectivity index (χ0v) is 12.0. The molecule has 0 atom stereocenters. The molecular weight excluding hydrogens is 296 g/mol. The third-order valence-corrected chi connectivity index (χ3v) is 2.99. The zero-order valence-electron chi connectivity index (χ0n) is 12.0. The van der Waals surface area contributed by atoms with Gasteiger partial charge in [-0.1, -0.05) is 30.3 Å². The number of hydrogen-bond donors (Lipinski definition) is 2. The molecule has 2 aromatic heterocycles. The maximum absolute atomic E-state index is 9.78. The SMILES string of the molecule is On1cccn/c1=N\C(/N=c1\ncccn1O)c1ccccc1. The molecule has 0 saturated carbocycles. The smallest absolute Gasteiger partial charge is 0.260 e. The highest BCUT2D eigenvalue weighted by atomic mass is 16.5. The largest absolute Gasteiger partial charge is 0.425 e. The fourth-order valence-corrected chi connectivity index (χ4v) is 1.92. The summed E-state index contributed by atoms with van der Waals surface area (Å²) >= 11 is 0. The Kier molecular flexibility index (Phi) is 4.14. The second kappa shape index (κ2) is 6.56. The minimum atomic E-state index is -0.724. The molecule has 0 aliphatic rings. The lowest BCUT2D eigenvalue weighted by molar-refractivity contribution is 0.162. The fourth-order valence-electron chi connectivity index (χ4n) is 1.92. The van der Waals surface area contributed by atoms with E-state index in [4.69, 9.17) is 0 Å². The Morgan fingerprint density at radius 1 is 0.783 bits per heavy atom. The first kappa shape index (κ1) is 14.5. The van der Waals surface area contributed by atoms with Gasteiger partial charge in [0, 0.05) is 24.8 Å². The summed E-state index contributed by atoms with van der Waals surface area (Å²) in [5, 5.41) is 19.6. The van der Waals surface area contributed by atoms with Gasteiger partial charge in [-0.3, -0.25) is 0 Å². The molecule has 116 valence electrons. The normalized spacial score (nSPS) is 12.7. The molecule has 0 unspecified atom stereocenters. The molecule has 0 bridgehead atoms. The highest BCUT2D eigenvalue weighted by Gasteiger charge is 2.09. The van der Waals surface area contributed by atoms with Crippen LogP contribution < -0.4 is 11.2 Å². The van der Waals surface area contributed by atoms with Crippen LogP contribution in [0.2, 0.25) is 0 Å². The van der Waals surface area contributed by atoms with Crippen molar-refractivity contribution in [3.8, 4) is 0 Å². The van der Waals surface area contributed by atoms with Crippen LogP contribution in [0.5, 0.6) is 0 Å². The van der Waals surface area contributed by atoms with Crippen molar-refractivity contribution in [2.45, 2.75) is 6.17 Å². The van der Waals surface area contributed by atoms with Gasteiger partial charge in [-0.2, -0.15) is 9.46 Å². The Balaban J connectivity index is 2.17. The molecule has 0 aliphatic carbocycles. The molecule has 0 radical (unpaired) electrons. The van der Waals surface area contributed by atoms with Crippen molar-refractivity contribution < 1.29 is 10.4 Å². The van der Waals surface area contributed by atoms with Gasteiger partial charge in [0.1, 0.15) is 0 Å². The Morgan fingerprint density at radius 3 is 1.78 bits per heavy atom. The average Bonchev–Trinajstić information content (AvgIpc) is 2.59. The molecule has 0 spiro atoms. The number of rotatable bonds is 3. The third kappa shape index (κ3) is 3.43. The van der Waals surface area contributed by atoms with Crippen molar-refractivity contribution in [3.63, 3.8) is 0 Å². The van der Waals surface area contributed by atoms with Crippen LogP contribution in [-0.2, 0) is 0 Å². The van der Waals surface area contributed by atoms with Crippen molar-refractivity contribution >= 4 is 0 Å². The second-order valence-electron chi connectivity index (χ2n) is 4.57. The molecule has 8 heteroatoms. The number of aromatic nitrogens is 4. The minimum Gasteiger partial charge on any atom is -0.425 e. The van der Waals surface area contributed by atoms with E-state index < -0.39 is 6.17 Å². The van der Waals surface area contributed by atoms with E-state index in [0.717, 1.165) is 15.0 Å². The van der Waals surface area contributed by atoms with Gasteiger partial charge in [-0.15, -0.1) is 0 Å². The van der Waals surface area contributed by atoms with Crippen molar-refractivity contribution in [3.05, 3.63) is 84.1 Å². The van der Waals surface area contributed by atoms with Crippen LogP contribution in [-0.4, -0.2) is 29.8 Å². The third-order valence-electron chi connectivity index (χ3n) is 2.99. The molecule has 3 rings (SSSR count). The molecule has 2 heterocycles.